The topological polar surface area (TPSA) is 50.4 Å². The summed E-state index contributed by atoms with van der Waals surface area (Å²) in [6, 6.07) is 0.0505. The van der Waals surface area contributed by atoms with E-state index in [1.54, 1.807) is 0 Å². The van der Waals surface area contributed by atoms with E-state index in [1.807, 2.05) is 0 Å². The maximum Gasteiger partial charge on any atom is 0.237 e. The smallest absolute Gasteiger partial charge is 0.237 e. The first kappa shape index (κ1) is 13.7. The lowest BCUT2D eigenvalue weighted by atomic mass is 10.0. The van der Waals surface area contributed by atoms with E-state index in [9.17, 15) is 4.79 Å². The second kappa shape index (κ2) is 7.09. The number of hydrogen-bond acceptors (Lipinski definition) is 3. The van der Waals surface area contributed by atoms with Crippen LogP contribution in [0.15, 0.2) is 0 Å². The summed E-state index contributed by atoms with van der Waals surface area (Å²) >= 11 is 0. The quantitative estimate of drug-likeness (QED) is 0.773. The van der Waals surface area contributed by atoms with E-state index in [2.05, 4.69) is 10.6 Å². The molecule has 2 aliphatic heterocycles. The minimum absolute atomic E-state index is 0. The van der Waals surface area contributed by atoms with Crippen LogP contribution in [-0.4, -0.2) is 38.3 Å². The Balaban J connectivity index is 0.00000128. The van der Waals surface area contributed by atoms with Crippen molar-refractivity contribution in [3.8, 4) is 0 Å². The van der Waals surface area contributed by atoms with Crippen molar-refractivity contribution in [1.29, 1.82) is 0 Å². The lowest BCUT2D eigenvalue weighted by molar-refractivity contribution is -0.123. The Hall–Kier alpha value is -0.320. The highest BCUT2D eigenvalue weighted by Gasteiger charge is 2.22. The second-order valence-corrected chi connectivity index (χ2v) is 4.48. The van der Waals surface area contributed by atoms with Gasteiger partial charge in [-0.05, 0) is 38.1 Å². The third-order valence-corrected chi connectivity index (χ3v) is 3.20. The van der Waals surface area contributed by atoms with Crippen LogP contribution in [0.2, 0.25) is 0 Å². The minimum atomic E-state index is 0. The number of carbonyl (C=O) groups is 1. The zero-order valence-corrected chi connectivity index (χ0v) is 10.4. The average molecular weight is 249 g/mol. The van der Waals surface area contributed by atoms with Crippen LogP contribution in [0.25, 0.3) is 0 Å². The summed E-state index contributed by atoms with van der Waals surface area (Å²) in [4.78, 5) is 11.7. The molecule has 0 bridgehead atoms. The van der Waals surface area contributed by atoms with Gasteiger partial charge in [-0.3, -0.25) is 4.79 Å². The Labute approximate surface area is 103 Å². The van der Waals surface area contributed by atoms with E-state index in [1.165, 1.54) is 6.42 Å². The highest BCUT2D eigenvalue weighted by Crippen LogP contribution is 2.12. The Bertz CT molecular complexity index is 214. The van der Waals surface area contributed by atoms with Crippen LogP contribution >= 0.6 is 12.4 Å². The van der Waals surface area contributed by atoms with E-state index in [0.717, 1.165) is 45.6 Å². The van der Waals surface area contributed by atoms with Gasteiger partial charge in [-0.25, -0.2) is 0 Å². The van der Waals surface area contributed by atoms with Gasteiger partial charge in [0, 0.05) is 13.2 Å². The van der Waals surface area contributed by atoms with Gasteiger partial charge in [0.2, 0.25) is 5.91 Å². The van der Waals surface area contributed by atoms with E-state index in [0.29, 0.717) is 5.92 Å². The van der Waals surface area contributed by atoms with Crippen LogP contribution in [0.4, 0.5) is 0 Å². The predicted molar refractivity (Wildman–Crippen MR) is 64.8 cm³/mol. The van der Waals surface area contributed by atoms with Gasteiger partial charge in [-0.2, -0.15) is 0 Å². The predicted octanol–water partition coefficient (Wildman–Crippen LogP) is 0.703. The van der Waals surface area contributed by atoms with Crippen LogP contribution in [0, 0.1) is 5.92 Å². The molecule has 94 valence electrons. The number of carbonyl (C=O) groups excluding carboxylic acids is 1. The molecule has 2 rings (SSSR count). The second-order valence-electron chi connectivity index (χ2n) is 4.48. The largest absolute Gasteiger partial charge is 0.381 e. The number of halogens is 1. The van der Waals surface area contributed by atoms with Crippen LogP contribution in [0.1, 0.15) is 25.7 Å². The third-order valence-electron chi connectivity index (χ3n) is 3.20. The lowest BCUT2D eigenvalue weighted by Crippen LogP contribution is -2.43. The summed E-state index contributed by atoms with van der Waals surface area (Å²) < 4.78 is 5.37. The van der Waals surface area contributed by atoms with Gasteiger partial charge in [0.05, 0.1) is 12.6 Å². The fourth-order valence-electron chi connectivity index (χ4n) is 2.24. The molecular formula is C11H21ClN2O2. The molecule has 0 aromatic rings. The fraction of sp³-hybridized carbons (Fsp3) is 0.909. The molecule has 2 unspecified atom stereocenters. The van der Waals surface area contributed by atoms with Crippen molar-refractivity contribution in [2.45, 2.75) is 31.7 Å². The van der Waals surface area contributed by atoms with Gasteiger partial charge in [-0.15, -0.1) is 12.4 Å². The molecule has 2 heterocycles. The number of amides is 1. The molecule has 1 amide bonds. The SMILES string of the molecule is Cl.O=C(NCC1CCCOC1)C1CCCN1. The molecule has 2 aliphatic rings. The Morgan fingerprint density at radius 3 is 2.88 bits per heavy atom. The molecule has 2 saturated heterocycles. The summed E-state index contributed by atoms with van der Waals surface area (Å²) in [5.41, 5.74) is 0. The summed E-state index contributed by atoms with van der Waals surface area (Å²) in [7, 11) is 0. The van der Waals surface area contributed by atoms with Crippen LogP contribution < -0.4 is 10.6 Å². The third kappa shape index (κ3) is 3.92. The standard InChI is InChI=1S/C11H20N2O2.ClH/c14-11(10-4-1-5-12-10)13-7-9-3-2-6-15-8-9;/h9-10,12H,1-8H2,(H,13,14);1H. The van der Waals surface area contributed by atoms with Crippen molar-refractivity contribution < 1.29 is 9.53 Å². The molecule has 0 aliphatic carbocycles. The van der Waals surface area contributed by atoms with Crippen molar-refractivity contribution in [3.63, 3.8) is 0 Å². The maximum absolute atomic E-state index is 11.7. The molecule has 2 fully saturated rings. The lowest BCUT2D eigenvalue weighted by Gasteiger charge is -2.23. The highest BCUT2D eigenvalue weighted by molar-refractivity contribution is 5.85. The van der Waals surface area contributed by atoms with Gasteiger partial charge in [-0.1, -0.05) is 0 Å². The van der Waals surface area contributed by atoms with Crippen molar-refractivity contribution in [2.24, 2.45) is 5.92 Å². The van der Waals surface area contributed by atoms with Crippen molar-refractivity contribution in [2.75, 3.05) is 26.3 Å². The van der Waals surface area contributed by atoms with Gasteiger partial charge in [0.25, 0.3) is 0 Å². The van der Waals surface area contributed by atoms with Gasteiger partial charge in [0.1, 0.15) is 0 Å². The first-order valence-corrected chi connectivity index (χ1v) is 5.95. The van der Waals surface area contributed by atoms with Gasteiger partial charge in [0.15, 0.2) is 0 Å². The molecule has 4 nitrogen and oxygen atoms in total. The summed E-state index contributed by atoms with van der Waals surface area (Å²) in [6.07, 6.45) is 4.40. The Morgan fingerprint density at radius 2 is 2.25 bits per heavy atom. The molecule has 16 heavy (non-hydrogen) atoms. The minimum Gasteiger partial charge on any atom is -0.381 e. The Morgan fingerprint density at radius 1 is 1.38 bits per heavy atom. The number of nitrogens with one attached hydrogen (secondary N) is 2. The summed E-state index contributed by atoms with van der Waals surface area (Å²) in [5, 5.41) is 6.21. The van der Waals surface area contributed by atoms with Crippen LogP contribution in [-0.2, 0) is 9.53 Å². The van der Waals surface area contributed by atoms with E-state index >= 15 is 0 Å². The van der Waals surface area contributed by atoms with E-state index in [-0.39, 0.29) is 24.4 Å². The molecular weight excluding hydrogens is 228 g/mol. The van der Waals surface area contributed by atoms with Crippen molar-refractivity contribution in [3.05, 3.63) is 0 Å². The monoisotopic (exact) mass is 248 g/mol. The molecule has 0 aromatic heterocycles. The highest BCUT2D eigenvalue weighted by atomic mass is 35.5. The zero-order valence-electron chi connectivity index (χ0n) is 9.54. The maximum atomic E-state index is 11.7. The molecule has 5 heteroatoms. The van der Waals surface area contributed by atoms with Crippen molar-refractivity contribution in [1.82, 2.24) is 10.6 Å². The summed E-state index contributed by atoms with van der Waals surface area (Å²) in [5.74, 6) is 0.683. The molecule has 0 spiro atoms. The molecule has 0 saturated carbocycles. The van der Waals surface area contributed by atoms with E-state index in [4.69, 9.17) is 4.74 Å². The van der Waals surface area contributed by atoms with Gasteiger partial charge >= 0.3 is 0 Å². The van der Waals surface area contributed by atoms with Gasteiger partial charge < -0.3 is 15.4 Å². The fourth-order valence-corrected chi connectivity index (χ4v) is 2.24. The van der Waals surface area contributed by atoms with Crippen LogP contribution in [0.3, 0.4) is 0 Å². The first-order chi connectivity index (χ1) is 7.36. The normalized spacial score (nSPS) is 29.5. The zero-order chi connectivity index (χ0) is 10.5. The molecule has 0 radical (unpaired) electrons. The Kier molecular flexibility index (Phi) is 6.09. The number of rotatable bonds is 3. The molecule has 2 atom stereocenters. The van der Waals surface area contributed by atoms with Crippen molar-refractivity contribution >= 4 is 18.3 Å². The number of hydrogen-bond donors (Lipinski definition) is 2. The average Bonchev–Trinajstić information content (AvgIpc) is 2.81. The summed E-state index contributed by atoms with van der Waals surface area (Å²) in [6.45, 7) is 3.44. The molecule has 0 aromatic carbocycles. The van der Waals surface area contributed by atoms with E-state index < -0.39 is 0 Å². The first-order valence-electron chi connectivity index (χ1n) is 5.95. The van der Waals surface area contributed by atoms with Crippen LogP contribution in [0.5, 0.6) is 0 Å². The number of ether oxygens (including phenoxy) is 1. The molecule has 2 N–H and O–H groups in total.